The third-order valence-corrected chi connectivity index (χ3v) is 3.65. The summed E-state index contributed by atoms with van der Waals surface area (Å²) in [5.41, 5.74) is 3.67. The molecule has 1 N–H and O–H groups in total. The molecule has 0 amide bonds. The largest absolute Gasteiger partial charge is 0.396 e. The zero-order valence-corrected chi connectivity index (χ0v) is 10.8. The molecular formula is C14H17NOS. The first-order valence-corrected chi connectivity index (χ1v) is 6.81. The molecule has 3 heteroatoms. The molecule has 0 fully saturated rings. The van der Waals surface area contributed by atoms with Crippen molar-refractivity contribution < 1.29 is 5.11 Å². The molecule has 0 spiro atoms. The first-order chi connectivity index (χ1) is 8.31. The number of rotatable bonds is 5. The van der Waals surface area contributed by atoms with Gasteiger partial charge in [0.1, 0.15) is 0 Å². The van der Waals surface area contributed by atoms with Gasteiger partial charge >= 0.3 is 0 Å². The lowest BCUT2D eigenvalue weighted by Crippen LogP contribution is -1.92. The monoisotopic (exact) mass is 247 g/mol. The minimum Gasteiger partial charge on any atom is -0.396 e. The summed E-state index contributed by atoms with van der Waals surface area (Å²) in [7, 11) is 0. The molecule has 0 aliphatic heterocycles. The number of hydrogen-bond donors (Lipinski definition) is 1. The van der Waals surface area contributed by atoms with Crippen molar-refractivity contribution in [3.63, 3.8) is 0 Å². The van der Waals surface area contributed by atoms with E-state index in [1.54, 1.807) is 11.3 Å². The number of aromatic nitrogens is 1. The molecule has 1 aromatic carbocycles. The Morgan fingerprint density at radius 2 is 1.88 bits per heavy atom. The second-order valence-electron chi connectivity index (χ2n) is 4.05. The van der Waals surface area contributed by atoms with Gasteiger partial charge in [-0.2, -0.15) is 0 Å². The first kappa shape index (κ1) is 12.3. The fourth-order valence-corrected chi connectivity index (χ4v) is 2.59. The highest BCUT2D eigenvalue weighted by atomic mass is 32.1. The van der Waals surface area contributed by atoms with Gasteiger partial charge in [-0.05, 0) is 17.5 Å². The summed E-state index contributed by atoms with van der Waals surface area (Å²) in [5.74, 6) is 0. The number of nitrogens with zero attached hydrogens (tertiary/aromatic N) is 1. The van der Waals surface area contributed by atoms with Gasteiger partial charge in [0, 0.05) is 24.8 Å². The summed E-state index contributed by atoms with van der Waals surface area (Å²) in [6.07, 6.45) is 2.63. The first-order valence-electron chi connectivity index (χ1n) is 5.93. The minimum absolute atomic E-state index is 0.175. The van der Waals surface area contributed by atoms with Crippen LogP contribution in [-0.2, 0) is 19.3 Å². The highest BCUT2D eigenvalue weighted by Crippen LogP contribution is 2.15. The van der Waals surface area contributed by atoms with E-state index in [0.717, 1.165) is 23.5 Å². The van der Waals surface area contributed by atoms with Crippen molar-refractivity contribution in [2.75, 3.05) is 6.61 Å². The summed E-state index contributed by atoms with van der Waals surface area (Å²) in [6.45, 7) is 2.34. The van der Waals surface area contributed by atoms with Crippen LogP contribution in [0, 0.1) is 0 Å². The van der Waals surface area contributed by atoms with Gasteiger partial charge in [-0.25, -0.2) is 4.98 Å². The minimum atomic E-state index is 0.175. The number of thiazole rings is 1. The van der Waals surface area contributed by atoms with Gasteiger partial charge in [0.05, 0.1) is 10.7 Å². The van der Waals surface area contributed by atoms with E-state index in [4.69, 9.17) is 5.11 Å². The highest BCUT2D eigenvalue weighted by Gasteiger charge is 2.03. The third kappa shape index (κ3) is 3.38. The van der Waals surface area contributed by atoms with Crippen LogP contribution in [0.25, 0.3) is 0 Å². The number of aryl methyl sites for hydroxylation is 1. The molecule has 1 aromatic heterocycles. The summed E-state index contributed by atoms with van der Waals surface area (Å²) in [5, 5.41) is 12.0. The summed E-state index contributed by atoms with van der Waals surface area (Å²) in [4.78, 5) is 4.50. The average Bonchev–Trinajstić information content (AvgIpc) is 2.78. The van der Waals surface area contributed by atoms with Crippen molar-refractivity contribution in [3.05, 3.63) is 51.5 Å². The van der Waals surface area contributed by atoms with Crippen molar-refractivity contribution in [2.24, 2.45) is 0 Å². The number of hydrogen-bond acceptors (Lipinski definition) is 3. The lowest BCUT2D eigenvalue weighted by atomic mass is 10.1. The lowest BCUT2D eigenvalue weighted by Gasteiger charge is -2.00. The molecule has 0 aliphatic carbocycles. The smallest absolute Gasteiger partial charge is 0.0972 e. The standard InChI is InChI=1S/C14H17NOS/c1-2-11-3-5-12(6-4-11)9-14-15-13(7-8-16)10-17-14/h3-6,10,16H,2,7-9H2,1H3. The molecule has 0 bridgehead atoms. The number of benzene rings is 1. The summed E-state index contributed by atoms with van der Waals surface area (Å²) >= 11 is 1.67. The highest BCUT2D eigenvalue weighted by molar-refractivity contribution is 7.09. The van der Waals surface area contributed by atoms with E-state index in [-0.39, 0.29) is 6.61 Å². The van der Waals surface area contributed by atoms with Gasteiger partial charge < -0.3 is 5.11 Å². The summed E-state index contributed by atoms with van der Waals surface area (Å²) in [6, 6.07) is 8.70. The normalized spacial score (nSPS) is 10.7. The van der Waals surface area contributed by atoms with Crippen molar-refractivity contribution >= 4 is 11.3 Å². The maximum atomic E-state index is 8.84. The summed E-state index contributed by atoms with van der Waals surface area (Å²) < 4.78 is 0. The number of aliphatic hydroxyl groups is 1. The van der Waals surface area contributed by atoms with Crippen LogP contribution < -0.4 is 0 Å². The predicted octanol–water partition coefficient (Wildman–Crippen LogP) is 2.83. The maximum absolute atomic E-state index is 8.84. The Balaban J connectivity index is 2.03. The van der Waals surface area contributed by atoms with Gasteiger partial charge in [-0.15, -0.1) is 11.3 Å². The molecule has 90 valence electrons. The second-order valence-corrected chi connectivity index (χ2v) is 5.00. The molecule has 1 heterocycles. The molecule has 0 unspecified atom stereocenters. The molecule has 17 heavy (non-hydrogen) atoms. The zero-order valence-electron chi connectivity index (χ0n) is 10.0. The predicted molar refractivity (Wildman–Crippen MR) is 71.5 cm³/mol. The average molecular weight is 247 g/mol. The van der Waals surface area contributed by atoms with Crippen molar-refractivity contribution in [3.8, 4) is 0 Å². The molecule has 2 aromatic rings. The van der Waals surface area contributed by atoms with Crippen LogP contribution in [0.3, 0.4) is 0 Å². The van der Waals surface area contributed by atoms with E-state index in [0.29, 0.717) is 6.42 Å². The van der Waals surface area contributed by atoms with E-state index in [1.165, 1.54) is 11.1 Å². The fourth-order valence-electron chi connectivity index (χ4n) is 1.73. The van der Waals surface area contributed by atoms with E-state index in [9.17, 15) is 0 Å². The van der Waals surface area contributed by atoms with Crippen LogP contribution >= 0.6 is 11.3 Å². The quantitative estimate of drug-likeness (QED) is 0.881. The van der Waals surface area contributed by atoms with Crippen LogP contribution in [-0.4, -0.2) is 16.7 Å². The van der Waals surface area contributed by atoms with E-state index in [1.807, 2.05) is 5.38 Å². The molecule has 0 saturated carbocycles. The van der Waals surface area contributed by atoms with Crippen molar-refractivity contribution in [1.29, 1.82) is 0 Å². The van der Waals surface area contributed by atoms with Crippen molar-refractivity contribution in [2.45, 2.75) is 26.2 Å². The van der Waals surface area contributed by atoms with Crippen LogP contribution in [0.15, 0.2) is 29.6 Å². The van der Waals surface area contributed by atoms with Gasteiger partial charge in [-0.3, -0.25) is 0 Å². The zero-order chi connectivity index (χ0) is 12.1. The van der Waals surface area contributed by atoms with Crippen LogP contribution in [0.4, 0.5) is 0 Å². The molecular weight excluding hydrogens is 230 g/mol. The van der Waals surface area contributed by atoms with Crippen LogP contribution in [0.2, 0.25) is 0 Å². The lowest BCUT2D eigenvalue weighted by molar-refractivity contribution is 0.298. The fraction of sp³-hybridized carbons (Fsp3) is 0.357. The third-order valence-electron chi connectivity index (χ3n) is 2.75. The van der Waals surface area contributed by atoms with Gasteiger partial charge in [0.25, 0.3) is 0 Å². The Morgan fingerprint density at radius 3 is 2.53 bits per heavy atom. The Kier molecular flexibility index (Phi) is 4.29. The number of aliphatic hydroxyl groups excluding tert-OH is 1. The second kappa shape index (κ2) is 5.94. The topological polar surface area (TPSA) is 33.1 Å². The van der Waals surface area contributed by atoms with Crippen LogP contribution in [0.5, 0.6) is 0 Å². The van der Waals surface area contributed by atoms with Crippen LogP contribution in [0.1, 0.15) is 28.8 Å². The Labute approximate surface area is 106 Å². The Morgan fingerprint density at radius 1 is 1.18 bits per heavy atom. The maximum Gasteiger partial charge on any atom is 0.0972 e. The molecule has 2 nitrogen and oxygen atoms in total. The molecule has 0 radical (unpaired) electrons. The molecule has 0 atom stereocenters. The van der Waals surface area contributed by atoms with Gasteiger partial charge in [0.2, 0.25) is 0 Å². The Hall–Kier alpha value is -1.19. The Bertz CT molecular complexity index is 461. The van der Waals surface area contributed by atoms with Gasteiger partial charge in [-0.1, -0.05) is 31.2 Å². The SMILES string of the molecule is CCc1ccc(Cc2nc(CCO)cs2)cc1. The van der Waals surface area contributed by atoms with E-state index < -0.39 is 0 Å². The van der Waals surface area contributed by atoms with E-state index >= 15 is 0 Å². The van der Waals surface area contributed by atoms with Crippen molar-refractivity contribution in [1.82, 2.24) is 4.98 Å². The molecule has 0 aliphatic rings. The van der Waals surface area contributed by atoms with Gasteiger partial charge in [0.15, 0.2) is 0 Å². The molecule has 2 rings (SSSR count). The molecule has 0 saturated heterocycles. The van der Waals surface area contributed by atoms with E-state index in [2.05, 4.69) is 36.2 Å².